The zero-order valence-corrected chi connectivity index (χ0v) is 21.4. The topological polar surface area (TPSA) is 49.4 Å². The lowest BCUT2D eigenvalue weighted by Crippen LogP contribution is -2.44. The number of nitrogens with one attached hydrogen (secondary N) is 1. The molecule has 0 bridgehead atoms. The molecule has 3 aromatic rings. The minimum atomic E-state index is -5.08. The largest absolute Gasteiger partial charge is 0.426 e. The van der Waals surface area contributed by atoms with Crippen LogP contribution in [0.3, 0.4) is 0 Å². The Kier molecular flexibility index (Phi) is 6.51. The van der Waals surface area contributed by atoms with Crippen LogP contribution in [-0.2, 0) is 28.7 Å². The highest BCUT2D eigenvalue weighted by Crippen LogP contribution is 2.52. The smallest absolute Gasteiger partial charge is 0.334 e. The molecule has 0 radical (unpaired) electrons. The number of benzene rings is 3. The average molecular weight is 543 g/mol. The molecule has 1 aliphatic heterocycles. The van der Waals surface area contributed by atoms with Crippen molar-refractivity contribution in [3.05, 3.63) is 100 Å². The molecule has 9 heteroatoms. The Morgan fingerprint density at radius 3 is 2.41 bits per heavy atom. The number of rotatable bonds is 5. The van der Waals surface area contributed by atoms with E-state index in [1.807, 2.05) is 0 Å². The van der Waals surface area contributed by atoms with Crippen LogP contribution >= 0.6 is 0 Å². The minimum absolute atomic E-state index is 0.259. The van der Waals surface area contributed by atoms with Gasteiger partial charge < -0.3 is 10.2 Å². The zero-order valence-electron chi connectivity index (χ0n) is 21.4. The SMILES string of the molecule is CC(=O)Nc1cccc(C(=O)N2CCC3(Cc4ccc(F)cc4)c4ccc(C(C)(F)C(F)(F)F)cc4CC23)c1. The quantitative estimate of drug-likeness (QED) is 0.375. The number of halogens is 5. The summed E-state index contributed by atoms with van der Waals surface area (Å²) in [6, 6.07) is 16.2. The number of hydrogen-bond acceptors (Lipinski definition) is 2. The molecule has 1 saturated heterocycles. The molecule has 204 valence electrons. The summed E-state index contributed by atoms with van der Waals surface area (Å²) in [7, 11) is 0. The number of alkyl halides is 4. The van der Waals surface area contributed by atoms with Gasteiger partial charge in [0.05, 0.1) is 0 Å². The molecule has 39 heavy (non-hydrogen) atoms. The van der Waals surface area contributed by atoms with E-state index in [-0.39, 0.29) is 24.1 Å². The van der Waals surface area contributed by atoms with E-state index in [2.05, 4.69) is 5.32 Å². The summed E-state index contributed by atoms with van der Waals surface area (Å²) in [5.74, 6) is -0.937. The van der Waals surface area contributed by atoms with Crippen LogP contribution in [0.1, 0.15) is 52.9 Å². The van der Waals surface area contributed by atoms with Crippen LogP contribution in [0.2, 0.25) is 0 Å². The lowest BCUT2D eigenvalue weighted by atomic mass is 9.73. The van der Waals surface area contributed by atoms with Crippen LogP contribution in [0.5, 0.6) is 0 Å². The van der Waals surface area contributed by atoms with Crippen molar-refractivity contribution in [3.63, 3.8) is 0 Å². The molecule has 1 N–H and O–H groups in total. The highest BCUT2D eigenvalue weighted by atomic mass is 19.4. The monoisotopic (exact) mass is 542 g/mol. The second kappa shape index (κ2) is 9.47. The number of hydrogen-bond donors (Lipinski definition) is 1. The first-order valence-corrected chi connectivity index (χ1v) is 12.6. The van der Waals surface area contributed by atoms with E-state index in [4.69, 9.17) is 0 Å². The van der Waals surface area contributed by atoms with Gasteiger partial charge in [-0.3, -0.25) is 9.59 Å². The van der Waals surface area contributed by atoms with Crippen LogP contribution in [0.4, 0.5) is 27.6 Å². The van der Waals surface area contributed by atoms with Crippen molar-refractivity contribution in [1.82, 2.24) is 4.90 Å². The van der Waals surface area contributed by atoms with Gasteiger partial charge in [0.15, 0.2) is 0 Å². The standard InChI is InChI=1S/C30H27F5N2O2/c1-18(38)36-24-5-3-4-20(15-24)27(39)37-13-12-29(17-19-6-9-23(31)10-7-19)25-11-8-22(14-21(25)16-26(29)37)28(2,32)30(33,34)35/h3-11,14-15,26H,12-13,16-17H2,1-2H3,(H,36,38). The van der Waals surface area contributed by atoms with E-state index < -0.39 is 28.9 Å². The average Bonchev–Trinajstić information content (AvgIpc) is 3.37. The summed E-state index contributed by atoms with van der Waals surface area (Å²) in [6.07, 6.45) is -3.85. The van der Waals surface area contributed by atoms with E-state index >= 15 is 0 Å². The van der Waals surface area contributed by atoms with Crippen molar-refractivity contribution in [2.45, 2.75) is 56.4 Å². The van der Waals surface area contributed by atoms with Gasteiger partial charge >= 0.3 is 6.18 Å². The molecule has 3 atom stereocenters. The molecule has 0 saturated carbocycles. The van der Waals surface area contributed by atoms with Gasteiger partial charge in [-0.25, -0.2) is 8.78 Å². The molecule has 2 amide bonds. The molecule has 0 aromatic heterocycles. The molecule has 1 heterocycles. The fourth-order valence-corrected chi connectivity index (χ4v) is 6.08. The minimum Gasteiger partial charge on any atom is -0.334 e. The third-order valence-electron chi connectivity index (χ3n) is 8.07. The van der Waals surface area contributed by atoms with E-state index in [1.54, 1.807) is 47.4 Å². The summed E-state index contributed by atoms with van der Waals surface area (Å²) in [5, 5.41) is 2.66. The summed E-state index contributed by atoms with van der Waals surface area (Å²) in [6.45, 7) is 2.28. The van der Waals surface area contributed by atoms with Gasteiger partial charge in [-0.15, -0.1) is 0 Å². The first-order chi connectivity index (χ1) is 18.3. The summed E-state index contributed by atoms with van der Waals surface area (Å²) in [5.41, 5.74) is -1.64. The molecule has 3 unspecified atom stereocenters. The van der Waals surface area contributed by atoms with Crippen LogP contribution < -0.4 is 5.32 Å². The van der Waals surface area contributed by atoms with E-state index in [9.17, 15) is 31.5 Å². The molecule has 0 spiro atoms. The van der Waals surface area contributed by atoms with Crippen molar-refractivity contribution < 1.29 is 31.5 Å². The zero-order chi connectivity index (χ0) is 28.2. The van der Waals surface area contributed by atoms with E-state index in [0.29, 0.717) is 43.1 Å². The normalized spacial score (nSPS) is 21.7. The van der Waals surface area contributed by atoms with Crippen molar-refractivity contribution in [1.29, 1.82) is 0 Å². The van der Waals surface area contributed by atoms with Crippen molar-refractivity contribution in [2.75, 3.05) is 11.9 Å². The van der Waals surface area contributed by atoms with Gasteiger partial charge in [-0.05, 0) is 78.8 Å². The summed E-state index contributed by atoms with van der Waals surface area (Å²) in [4.78, 5) is 26.9. The van der Waals surface area contributed by atoms with Crippen LogP contribution in [-0.4, -0.2) is 35.5 Å². The van der Waals surface area contributed by atoms with Gasteiger partial charge in [-0.1, -0.05) is 36.4 Å². The van der Waals surface area contributed by atoms with Crippen molar-refractivity contribution in [3.8, 4) is 0 Å². The predicted octanol–water partition coefficient (Wildman–Crippen LogP) is 6.48. The molecular weight excluding hydrogens is 515 g/mol. The van der Waals surface area contributed by atoms with E-state index in [0.717, 1.165) is 11.1 Å². The third kappa shape index (κ3) is 4.68. The molecule has 2 aliphatic rings. The predicted molar refractivity (Wildman–Crippen MR) is 137 cm³/mol. The molecule has 1 fully saturated rings. The second-order valence-corrected chi connectivity index (χ2v) is 10.6. The highest BCUT2D eigenvalue weighted by molar-refractivity contribution is 5.97. The number of fused-ring (bicyclic) bond motifs is 3. The summed E-state index contributed by atoms with van der Waals surface area (Å²) < 4.78 is 68.9. The van der Waals surface area contributed by atoms with Gasteiger partial charge in [0.2, 0.25) is 11.6 Å². The number of carbonyl (C=O) groups excluding carboxylic acids is 2. The maximum absolute atomic E-state index is 14.9. The fourth-order valence-electron chi connectivity index (χ4n) is 6.08. The summed E-state index contributed by atoms with van der Waals surface area (Å²) >= 11 is 0. The Morgan fingerprint density at radius 1 is 1.03 bits per heavy atom. The maximum Gasteiger partial charge on any atom is 0.426 e. The maximum atomic E-state index is 14.9. The van der Waals surface area contributed by atoms with Crippen molar-refractivity contribution >= 4 is 17.5 Å². The Balaban J connectivity index is 1.55. The molecular formula is C30H27F5N2O2. The Labute approximate surface area is 222 Å². The van der Waals surface area contributed by atoms with Crippen molar-refractivity contribution in [2.24, 2.45) is 0 Å². The van der Waals surface area contributed by atoms with E-state index in [1.165, 1.54) is 31.2 Å². The second-order valence-electron chi connectivity index (χ2n) is 10.6. The lowest BCUT2D eigenvalue weighted by Gasteiger charge is -2.34. The first kappa shape index (κ1) is 26.8. The Hall–Kier alpha value is -3.75. The van der Waals surface area contributed by atoms with Gasteiger partial charge in [0.25, 0.3) is 5.91 Å². The van der Waals surface area contributed by atoms with Gasteiger partial charge in [-0.2, -0.15) is 13.2 Å². The third-order valence-corrected chi connectivity index (χ3v) is 8.07. The number of amides is 2. The van der Waals surface area contributed by atoms with Crippen LogP contribution in [0.25, 0.3) is 0 Å². The Morgan fingerprint density at radius 2 is 1.74 bits per heavy atom. The lowest BCUT2D eigenvalue weighted by molar-refractivity contribution is -0.228. The van der Waals surface area contributed by atoms with Crippen LogP contribution in [0.15, 0.2) is 66.7 Å². The molecule has 1 aliphatic carbocycles. The number of likely N-dealkylation sites (tertiary alicyclic amines) is 1. The number of anilines is 1. The molecule has 5 rings (SSSR count). The fraction of sp³-hybridized carbons (Fsp3) is 0.333. The number of carbonyl (C=O) groups is 2. The molecule has 4 nitrogen and oxygen atoms in total. The molecule has 3 aromatic carbocycles. The first-order valence-electron chi connectivity index (χ1n) is 12.6. The number of nitrogens with zero attached hydrogens (tertiary/aromatic N) is 1. The highest BCUT2D eigenvalue weighted by Gasteiger charge is 2.57. The van der Waals surface area contributed by atoms with Gasteiger partial charge in [0, 0.05) is 36.2 Å². The van der Waals surface area contributed by atoms with Crippen LogP contribution in [0, 0.1) is 5.82 Å². The Bertz CT molecular complexity index is 1430. The van der Waals surface area contributed by atoms with Gasteiger partial charge in [0.1, 0.15) is 5.82 Å².